The summed E-state index contributed by atoms with van der Waals surface area (Å²) < 4.78 is 0. The second-order valence-corrected chi connectivity index (χ2v) is 5.37. The molecule has 0 aromatic carbocycles. The van der Waals surface area contributed by atoms with Gasteiger partial charge in [-0.1, -0.05) is 51.9 Å². The molecule has 0 aliphatic rings. The lowest BCUT2D eigenvalue weighted by Gasteiger charge is -2.17. The first-order valence-electron chi connectivity index (χ1n) is 7.78. The van der Waals surface area contributed by atoms with Crippen LogP contribution < -0.4 is 5.32 Å². The van der Waals surface area contributed by atoms with Crippen molar-refractivity contribution in [3.05, 3.63) is 0 Å². The number of carbonyl (C=O) groups is 2. The summed E-state index contributed by atoms with van der Waals surface area (Å²) in [6, 6.07) is 0. The molecule has 0 aromatic heterocycles. The van der Waals surface area contributed by atoms with E-state index in [1.54, 1.807) is 0 Å². The number of nitrogens with zero attached hydrogens (tertiary/aromatic N) is 1. The molecule has 0 heterocycles. The average molecular weight is 299 g/mol. The van der Waals surface area contributed by atoms with Gasteiger partial charge in [-0.3, -0.25) is 20.3 Å². The molecule has 21 heavy (non-hydrogen) atoms. The second kappa shape index (κ2) is 12.2. The number of rotatable bonds is 11. The van der Waals surface area contributed by atoms with Crippen LogP contribution in [-0.4, -0.2) is 41.4 Å². The molecule has 0 radical (unpaired) electrons. The van der Waals surface area contributed by atoms with E-state index >= 15 is 0 Å². The zero-order valence-electron chi connectivity index (χ0n) is 13.3. The fourth-order valence-electron chi connectivity index (χ4n) is 1.99. The SMILES string of the molecule is CCCCCCCCCCC(=O)NC(=N)N(C)CC(=O)O. The van der Waals surface area contributed by atoms with Crippen molar-refractivity contribution in [3.8, 4) is 0 Å². The summed E-state index contributed by atoms with van der Waals surface area (Å²) in [5.74, 6) is -1.41. The van der Waals surface area contributed by atoms with Crippen LogP contribution >= 0.6 is 0 Å². The lowest BCUT2D eigenvalue weighted by molar-refractivity contribution is -0.137. The highest BCUT2D eigenvalue weighted by Crippen LogP contribution is 2.09. The Morgan fingerprint density at radius 1 is 1.05 bits per heavy atom. The zero-order chi connectivity index (χ0) is 16.1. The predicted octanol–water partition coefficient (Wildman–Crippen LogP) is 2.58. The summed E-state index contributed by atoms with van der Waals surface area (Å²) in [6.07, 6.45) is 9.71. The molecule has 0 atom stereocenters. The Bertz CT molecular complexity index is 332. The van der Waals surface area contributed by atoms with Gasteiger partial charge in [-0.25, -0.2) is 0 Å². The molecule has 6 nitrogen and oxygen atoms in total. The van der Waals surface area contributed by atoms with Gasteiger partial charge in [0.25, 0.3) is 0 Å². The van der Waals surface area contributed by atoms with Crippen molar-refractivity contribution in [1.29, 1.82) is 5.41 Å². The highest BCUT2D eigenvalue weighted by Gasteiger charge is 2.11. The van der Waals surface area contributed by atoms with E-state index in [2.05, 4.69) is 12.2 Å². The van der Waals surface area contributed by atoms with Crippen LogP contribution in [0.15, 0.2) is 0 Å². The van der Waals surface area contributed by atoms with Crippen LogP contribution in [-0.2, 0) is 9.59 Å². The van der Waals surface area contributed by atoms with Crippen LogP contribution in [0.5, 0.6) is 0 Å². The molecule has 0 saturated heterocycles. The van der Waals surface area contributed by atoms with E-state index in [1.165, 1.54) is 44.1 Å². The van der Waals surface area contributed by atoms with Gasteiger partial charge in [0.2, 0.25) is 5.91 Å². The normalized spacial score (nSPS) is 10.2. The van der Waals surface area contributed by atoms with Crippen molar-refractivity contribution in [2.75, 3.05) is 13.6 Å². The number of unbranched alkanes of at least 4 members (excludes halogenated alkanes) is 7. The highest BCUT2D eigenvalue weighted by atomic mass is 16.4. The summed E-state index contributed by atoms with van der Waals surface area (Å²) in [7, 11) is 1.47. The molecule has 0 unspecified atom stereocenters. The Morgan fingerprint density at radius 2 is 1.57 bits per heavy atom. The van der Waals surface area contributed by atoms with Crippen LogP contribution in [0.1, 0.15) is 64.7 Å². The number of carboxylic acid groups (broad SMARTS) is 1. The van der Waals surface area contributed by atoms with Gasteiger partial charge in [0.1, 0.15) is 6.54 Å². The number of amides is 1. The fraction of sp³-hybridized carbons (Fsp3) is 0.800. The van der Waals surface area contributed by atoms with Crippen LogP contribution in [0.3, 0.4) is 0 Å². The first-order chi connectivity index (χ1) is 9.97. The van der Waals surface area contributed by atoms with Gasteiger partial charge in [0, 0.05) is 13.5 Å². The monoisotopic (exact) mass is 299 g/mol. The number of aliphatic carboxylic acids is 1. The van der Waals surface area contributed by atoms with E-state index in [1.807, 2.05) is 0 Å². The predicted molar refractivity (Wildman–Crippen MR) is 83.4 cm³/mol. The van der Waals surface area contributed by atoms with E-state index in [4.69, 9.17) is 10.5 Å². The summed E-state index contributed by atoms with van der Waals surface area (Å²) >= 11 is 0. The average Bonchev–Trinajstić information content (AvgIpc) is 2.41. The number of likely N-dealkylation sites (N-methyl/N-ethyl adjacent to an activating group) is 1. The number of nitrogens with one attached hydrogen (secondary N) is 2. The van der Waals surface area contributed by atoms with E-state index in [-0.39, 0.29) is 18.4 Å². The van der Waals surface area contributed by atoms with Gasteiger partial charge >= 0.3 is 5.97 Å². The molecule has 0 aliphatic heterocycles. The minimum absolute atomic E-state index is 0.165. The van der Waals surface area contributed by atoms with E-state index in [0.29, 0.717) is 6.42 Å². The number of carboxylic acids is 1. The molecule has 0 aromatic rings. The maximum absolute atomic E-state index is 11.6. The minimum atomic E-state index is -1.03. The topological polar surface area (TPSA) is 93.5 Å². The number of guanidine groups is 1. The molecule has 0 rings (SSSR count). The number of hydrogen-bond acceptors (Lipinski definition) is 3. The standard InChI is InChI=1S/C15H29N3O3/c1-3-4-5-6-7-8-9-10-11-13(19)17-15(16)18(2)12-14(20)21/h3-12H2,1-2H3,(H,20,21)(H2,16,17,19). The molecule has 122 valence electrons. The van der Waals surface area contributed by atoms with Gasteiger partial charge in [-0.05, 0) is 6.42 Å². The summed E-state index contributed by atoms with van der Waals surface area (Å²) in [6.45, 7) is 1.90. The van der Waals surface area contributed by atoms with Gasteiger partial charge < -0.3 is 10.0 Å². The van der Waals surface area contributed by atoms with Gasteiger partial charge in [-0.2, -0.15) is 0 Å². The Morgan fingerprint density at radius 3 is 2.10 bits per heavy atom. The summed E-state index contributed by atoms with van der Waals surface area (Å²) in [5.41, 5.74) is 0. The van der Waals surface area contributed by atoms with Crippen molar-refractivity contribution in [1.82, 2.24) is 10.2 Å². The zero-order valence-corrected chi connectivity index (χ0v) is 13.3. The Balaban J connectivity index is 3.58. The van der Waals surface area contributed by atoms with Gasteiger partial charge in [0.15, 0.2) is 5.96 Å². The minimum Gasteiger partial charge on any atom is -0.480 e. The molecule has 1 amide bonds. The van der Waals surface area contributed by atoms with Crippen molar-refractivity contribution in [2.24, 2.45) is 0 Å². The maximum Gasteiger partial charge on any atom is 0.323 e. The molecule has 6 heteroatoms. The second-order valence-electron chi connectivity index (χ2n) is 5.37. The molecule has 0 saturated carbocycles. The first-order valence-corrected chi connectivity index (χ1v) is 7.78. The lowest BCUT2D eigenvalue weighted by atomic mass is 10.1. The smallest absolute Gasteiger partial charge is 0.323 e. The van der Waals surface area contributed by atoms with Gasteiger partial charge in [-0.15, -0.1) is 0 Å². The Kier molecular flexibility index (Phi) is 11.3. The number of hydrogen-bond donors (Lipinski definition) is 3. The molecule has 0 aliphatic carbocycles. The molecule has 3 N–H and O–H groups in total. The van der Waals surface area contributed by atoms with E-state index in [9.17, 15) is 9.59 Å². The highest BCUT2D eigenvalue weighted by molar-refractivity contribution is 5.96. The van der Waals surface area contributed by atoms with Gasteiger partial charge in [0.05, 0.1) is 0 Å². The maximum atomic E-state index is 11.6. The van der Waals surface area contributed by atoms with Crippen LogP contribution in [0.2, 0.25) is 0 Å². The van der Waals surface area contributed by atoms with Crippen LogP contribution in [0.25, 0.3) is 0 Å². The largest absolute Gasteiger partial charge is 0.480 e. The number of carbonyl (C=O) groups excluding carboxylic acids is 1. The van der Waals surface area contributed by atoms with E-state index in [0.717, 1.165) is 19.3 Å². The summed E-state index contributed by atoms with van der Waals surface area (Å²) in [5, 5.41) is 18.6. The lowest BCUT2D eigenvalue weighted by Crippen LogP contribution is -2.43. The molecule has 0 fully saturated rings. The Hall–Kier alpha value is -1.59. The molecule has 0 bridgehead atoms. The van der Waals surface area contributed by atoms with E-state index < -0.39 is 5.97 Å². The van der Waals surface area contributed by atoms with Crippen molar-refractivity contribution in [3.63, 3.8) is 0 Å². The molecule has 0 spiro atoms. The summed E-state index contributed by atoms with van der Waals surface area (Å²) in [4.78, 5) is 23.3. The third-order valence-corrected chi connectivity index (χ3v) is 3.27. The Labute approximate surface area is 127 Å². The van der Waals surface area contributed by atoms with Crippen molar-refractivity contribution in [2.45, 2.75) is 64.7 Å². The third kappa shape index (κ3) is 11.9. The van der Waals surface area contributed by atoms with Crippen molar-refractivity contribution < 1.29 is 14.7 Å². The fourth-order valence-corrected chi connectivity index (χ4v) is 1.99. The molecular weight excluding hydrogens is 270 g/mol. The third-order valence-electron chi connectivity index (χ3n) is 3.27. The van der Waals surface area contributed by atoms with Crippen LogP contribution in [0.4, 0.5) is 0 Å². The van der Waals surface area contributed by atoms with Crippen LogP contribution in [0, 0.1) is 5.41 Å². The molecular formula is C15H29N3O3. The van der Waals surface area contributed by atoms with Crippen molar-refractivity contribution >= 4 is 17.8 Å². The quantitative estimate of drug-likeness (QED) is 0.310. The first kappa shape index (κ1) is 19.4.